The van der Waals surface area contributed by atoms with Crippen LogP contribution in [0.1, 0.15) is 94.1 Å². The number of hydrogen-bond donors (Lipinski definition) is 2. The zero-order chi connectivity index (χ0) is 42.3. The van der Waals surface area contributed by atoms with Gasteiger partial charge in [-0.3, -0.25) is 4.79 Å². The second kappa shape index (κ2) is 17.1. The van der Waals surface area contributed by atoms with Crippen LogP contribution in [-0.4, -0.2) is 64.9 Å². The first-order valence-corrected chi connectivity index (χ1v) is 25.5. The van der Waals surface area contributed by atoms with E-state index in [-0.39, 0.29) is 40.7 Å². The molecule has 2 N–H and O–H groups in total. The van der Waals surface area contributed by atoms with E-state index in [1.807, 2.05) is 67.6 Å². The molecule has 0 saturated heterocycles. The minimum Gasteiger partial charge on any atom is -0.490 e. The van der Waals surface area contributed by atoms with Crippen molar-refractivity contribution in [1.82, 2.24) is 4.72 Å². The highest BCUT2D eigenvalue weighted by molar-refractivity contribution is 7.90. The summed E-state index contributed by atoms with van der Waals surface area (Å²) >= 11 is 6.48. The number of aliphatic hydroxyl groups excluding tert-OH is 1. The quantitative estimate of drug-likeness (QED) is 0.148. The van der Waals surface area contributed by atoms with Crippen molar-refractivity contribution in [2.75, 3.05) is 24.6 Å². The molecule has 2 aliphatic carbocycles. The average Bonchev–Trinajstić information content (AvgIpc) is 3.35. The summed E-state index contributed by atoms with van der Waals surface area (Å²) in [4.78, 5) is 16.5. The maximum absolute atomic E-state index is 14.5. The van der Waals surface area contributed by atoms with Crippen molar-refractivity contribution >= 4 is 51.9 Å². The second-order valence-electron chi connectivity index (χ2n) is 18.7. The maximum Gasteiger partial charge on any atom is 0.264 e. The summed E-state index contributed by atoms with van der Waals surface area (Å²) in [6, 6.07) is 32.1. The highest BCUT2D eigenvalue weighted by Gasteiger charge is 2.51. The van der Waals surface area contributed by atoms with Gasteiger partial charge in [0.05, 0.1) is 23.6 Å². The van der Waals surface area contributed by atoms with Gasteiger partial charge in [0.25, 0.3) is 14.2 Å². The van der Waals surface area contributed by atoms with E-state index < -0.39 is 41.7 Å². The number of allylic oxidation sites excluding steroid dienone is 1. The molecule has 11 heteroatoms. The van der Waals surface area contributed by atoms with Gasteiger partial charge in [0, 0.05) is 35.2 Å². The van der Waals surface area contributed by atoms with E-state index in [1.54, 1.807) is 12.1 Å². The van der Waals surface area contributed by atoms with Crippen LogP contribution in [0.5, 0.6) is 5.75 Å². The molecule has 0 unspecified atom stereocenters. The minimum absolute atomic E-state index is 0.0704. The molecule has 1 spiro atoms. The Hall–Kier alpha value is -3.93. The molecule has 8 rings (SSSR count). The van der Waals surface area contributed by atoms with Gasteiger partial charge in [0.2, 0.25) is 10.0 Å². The summed E-state index contributed by atoms with van der Waals surface area (Å²) in [7, 11) is -7.20. The summed E-state index contributed by atoms with van der Waals surface area (Å²) in [5, 5.41) is 13.3. The van der Waals surface area contributed by atoms with Crippen molar-refractivity contribution in [1.29, 1.82) is 0 Å². The lowest BCUT2D eigenvalue weighted by atomic mass is 9.68. The number of sulfonamides is 1. The smallest absolute Gasteiger partial charge is 0.264 e. The molecule has 0 radical (unpaired) electrons. The molecule has 1 fully saturated rings. The van der Waals surface area contributed by atoms with E-state index in [0.717, 1.165) is 53.2 Å². The predicted octanol–water partition coefficient (Wildman–Crippen LogP) is 8.33. The van der Waals surface area contributed by atoms with Crippen LogP contribution in [0, 0.1) is 11.8 Å². The summed E-state index contributed by atoms with van der Waals surface area (Å²) in [5.74, 6) is 0.302. The number of carbonyl (C=O) groups is 1. The van der Waals surface area contributed by atoms with Crippen molar-refractivity contribution in [2.45, 2.75) is 107 Å². The Morgan fingerprint density at radius 1 is 0.983 bits per heavy atom. The molecule has 1 amide bonds. The van der Waals surface area contributed by atoms with Crippen molar-refractivity contribution < 1.29 is 27.5 Å². The van der Waals surface area contributed by atoms with Crippen molar-refractivity contribution in [3.63, 3.8) is 0 Å². The van der Waals surface area contributed by atoms with Crippen LogP contribution in [-0.2, 0) is 26.3 Å². The van der Waals surface area contributed by atoms with Gasteiger partial charge in [-0.25, -0.2) is 13.1 Å². The molecule has 1 saturated carbocycles. The fraction of sp³-hybridized carbons (Fsp3) is 0.449. The third-order valence-electron chi connectivity index (χ3n) is 13.7. The fourth-order valence-electron chi connectivity index (χ4n) is 10.6. The Labute approximate surface area is 362 Å². The van der Waals surface area contributed by atoms with Crippen LogP contribution >= 0.6 is 11.6 Å². The number of nitrogens with one attached hydrogen (secondary N) is 1. The van der Waals surface area contributed by atoms with Crippen LogP contribution in [0.25, 0.3) is 0 Å². The highest BCUT2D eigenvalue weighted by Crippen LogP contribution is 2.47. The molecule has 318 valence electrons. The monoisotopic (exact) mass is 866 g/mol. The first-order valence-electron chi connectivity index (χ1n) is 21.7. The molecule has 4 aliphatic rings. The number of rotatable bonds is 6. The third kappa shape index (κ3) is 8.35. The highest BCUT2D eigenvalue weighted by atomic mass is 35.5. The van der Waals surface area contributed by atoms with Crippen LogP contribution in [0.2, 0.25) is 10.1 Å². The number of aryl methyl sites for hydroxylation is 1. The van der Waals surface area contributed by atoms with E-state index in [0.29, 0.717) is 31.9 Å². The number of hydrogen-bond acceptors (Lipinski definition) is 7. The van der Waals surface area contributed by atoms with E-state index in [4.69, 9.17) is 20.8 Å². The number of amides is 1. The van der Waals surface area contributed by atoms with Crippen LogP contribution in [0.4, 0.5) is 5.69 Å². The van der Waals surface area contributed by atoms with Crippen LogP contribution < -0.4 is 24.7 Å². The minimum atomic E-state index is -4.20. The number of fused-ring (bicyclic) bond motifs is 4. The van der Waals surface area contributed by atoms with Crippen molar-refractivity contribution in [3.8, 4) is 5.75 Å². The molecular formula is C49H59ClN2O6SSi. The maximum atomic E-state index is 14.5. The van der Waals surface area contributed by atoms with Gasteiger partial charge in [-0.05, 0) is 127 Å². The van der Waals surface area contributed by atoms with E-state index in [2.05, 4.69) is 66.8 Å². The number of nitrogens with zero attached hydrogens (tertiary/aromatic N) is 1. The molecule has 6 atom stereocenters. The SMILES string of the molecule is C[C@H](C[C@@H]1CC/C=C/[C@H](O)[C@@H]2CC[C@H]2CN2C[C@@]3(CCCc4cc(Cl)ccc43)COc3ccc(cc32)C(=O)NS1(=O)=O)O[Si](c1ccccc1)(c1ccccc1)C(C)(C)C. The van der Waals surface area contributed by atoms with Crippen LogP contribution in [0.15, 0.2) is 109 Å². The van der Waals surface area contributed by atoms with Gasteiger partial charge in [-0.15, -0.1) is 0 Å². The van der Waals surface area contributed by atoms with Crippen LogP contribution in [0.3, 0.4) is 0 Å². The predicted molar refractivity (Wildman–Crippen MR) is 244 cm³/mol. The number of aliphatic hydroxyl groups is 1. The first-order chi connectivity index (χ1) is 28.7. The number of halogens is 1. The van der Waals surface area contributed by atoms with Gasteiger partial charge in [0.15, 0.2) is 0 Å². The van der Waals surface area contributed by atoms with Crippen molar-refractivity contribution in [3.05, 3.63) is 131 Å². The van der Waals surface area contributed by atoms with Gasteiger partial charge in [-0.1, -0.05) is 111 Å². The Morgan fingerprint density at radius 3 is 2.37 bits per heavy atom. The zero-order valence-corrected chi connectivity index (χ0v) is 37.9. The summed E-state index contributed by atoms with van der Waals surface area (Å²) in [6.45, 7) is 10.4. The molecule has 2 bridgehead atoms. The molecule has 8 nitrogen and oxygen atoms in total. The standard InChI is InChI=1S/C49H59ClN2O6SSi/c1-34(58-60(48(2,3)4,40-16-7-5-8-17-40)41-18-9-6-10-19-41)28-39-15-11-12-20-45(53)42-24-21-37(42)31-52-32-49(27-13-14-35-29-38(50)23-25-43(35)49)33-57-46-26-22-36(30-44(46)52)47(54)51-59(39,55)56/h5-10,12,16-20,22-23,25-26,29-30,34,37,39,42,45,53H,11,13-15,21,24,27-28,31-33H2,1-4H3,(H,51,54)/b20-12+/t34-,37+,39+,42-,45+,49+/m1/s1. The number of anilines is 1. The van der Waals surface area contributed by atoms with Gasteiger partial charge < -0.3 is 19.2 Å². The molecule has 2 aliphatic heterocycles. The lowest BCUT2D eigenvalue weighted by molar-refractivity contribution is 0.0456. The third-order valence-corrected chi connectivity index (χ3v) is 20.9. The van der Waals surface area contributed by atoms with Gasteiger partial charge in [-0.2, -0.15) is 0 Å². The van der Waals surface area contributed by atoms with Gasteiger partial charge >= 0.3 is 0 Å². The topological polar surface area (TPSA) is 105 Å². The summed E-state index contributed by atoms with van der Waals surface area (Å²) in [6.07, 6.45) is 8.32. The van der Waals surface area contributed by atoms with E-state index in [9.17, 15) is 18.3 Å². The van der Waals surface area contributed by atoms with Crippen molar-refractivity contribution in [2.24, 2.45) is 11.8 Å². The summed E-state index contributed by atoms with van der Waals surface area (Å²) in [5.41, 5.74) is 3.21. The Balaban J connectivity index is 1.12. The van der Waals surface area contributed by atoms with Gasteiger partial charge in [0.1, 0.15) is 5.75 Å². The molecule has 0 aromatic heterocycles. The normalized spacial score (nSPS) is 26.6. The largest absolute Gasteiger partial charge is 0.490 e. The molecule has 60 heavy (non-hydrogen) atoms. The Kier molecular flexibility index (Phi) is 12.2. The number of ether oxygens (including phenoxy) is 1. The lowest BCUT2D eigenvalue weighted by Crippen LogP contribution is -2.67. The van der Waals surface area contributed by atoms with E-state index >= 15 is 0 Å². The Morgan fingerprint density at radius 2 is 1.70 bits per heavy atom. The number of benzene rings is 4. The molecule has 2 heterocycles. The average molecular weight is 868 g/mol. The summed E-state index contributed by atoms with van der Waals surface area (Å²) < 4.78 is 45.5. The second-order valence-corrected chi connectivity index (χ2v) is 25.4. The zero-order valence-electron chi connectivity index (χ0n) is 35.3. The first kappa shape index (κ1) is 42.7. The fourth-order valence-corrected chi connectivity index (χ4v) is 17.0. The number of carbonyl (C=O) groups excluding carboxylic acids is 1. The Bertz CT molecular complexity index is 2280. The molecular weight excluding hydrogens is 808 g/mol. The molecule has 4 aromatic carbocycles. The van der Waals surface area contributed by atoms with E-state index in [1.165, 1.54) is 11.1 Å². The lowest BCUT2D eigenvalue weighted by Gasteiger charge is -2.45. The molecule has 4 aromatic rings.